The number of ether oxygens (including phenoxy) is 1. The van der Waals surface area contributed by atoms with E-state index in [1.165, 1.54) is 19.1 Å². The van der Waals surface area contributed by atoms with E-state index in [4.69, 9.17) is 27.9 Å². The topological polar surface area (TPSA) is 55.4 Å². The number of ketones is 1. The average Bonchev–Trinajstić information content (AvgIpc) is 2.37. The molecule has 0 saturated carbocycles. The van der Waals surface area contributed by atoms with Crippen LogP contribution >= 0.6 is 23.2 Å². The average molecular weight is 302 g/mol. The number of hydrogen-bond acceptors (Lipinski definition) is 3. The van der Waals surface area contributed by atoms with Gasteiger partial charge in [-0.05, 0) is 19.1 Å². The van der Waals surface area contributed by atoms with E-state index in [2.05, 4.69) is 11.9 Å². The highest BCUT2D eigenvalue weighted by Gasteiger charge is 2.16. The van der Waals surface area contributed by atoms with Crippen LogP contribution in [0.5, 0.6) is 5.75 Å². The second-order valence-electron chi connectivity index (χ2n) is 3.68. The van der Waals surface area contributed by atoms with Gasteiger partial charge in [0.15, 0.2) is 18.1 Å². The van der Waals surface area contributed by atoms with Crippen molar-refractivity contribution < 1.29 is 14.3 Å². The summed E-state index contributed by atoms with van der Waals surface area (Å²) in [4.78, 5) is 22.9. The molecule has 0 unspecified atom stereocenters. The fourth-order valence-electron chi connectivity index (χ4n) is 1.33. The predicted molar refractivity (Wildman–Crippen MR) is 75.2 cm³/mol. The molecule has 4 nitrogen and oxygen atoms in total. The van der Waals surface area contributed by atoms with Crippen LogP contribution in [0, 0.1) is 0 Å². The summed E-state index contributed by atoms with van der Waals surface area (Å²) >= 11 is 11.8. The van der Waals surface area contributed by atoms with E-state index in [9.17, 15) is 9.59 Å². The van der Waals surface area contributed by atoms with E-state index in [0.717, 1.165) is 0 Å². The fraction of sp³-hybridized carbons (Fsp3) is 0.231. The zero-order chi connectivity index (χ0) is 14.4. The minimum atomic E-state index is -0.342. The van der Waals surface area contributed by atoms with Gasteiger partial charge in [-0.15, -0.1) is 6.58 Å². The molecule has 0 aliphatic heterocycles. The number of carbonyl (C=O) groups is 2. The van der Waals surface area contributed by atoms with Crippen molar-refractivity contribution in [2.75, 3.05) is 13.2 Å². The third-order valence-electron chi connectivity index (χ3n) is 2.22. The smallest absolute Gasteiger partial charge is 0.258 e. The summed E-state index contributed by atoms with van der Waals surface area (Å²) in [5, 5.41) is 2.92. The quantitative estimate of drug-likeness (QED) is 0.649. The lowest BCUT2D eigenvalue weighted by atomic mass is 10.1. The standard InChI is InChI=1S/C13H13Cl2NO3/c1-3-6-16-11(18)7-19-13-9(8(2)17)4-5-10(14)12(13)15/h3-5H,1,6-7H2,2H3,(H,16,18). The lowest BCUT2D eigenvalue weighted by Gasteiger charge is -2.12. The van der Waals surface area contributed by atoms with Crippen LogP contribution in [0.25, 0.3) is 0 Å². The number of halogens is 2. The molecule has 1 aromatic rings. The first-order chi connectivity index (χ1) is 8.97. The number of Topliss-reactive ketones (excluding diaryl/α,β-unsaturated/α-hetero) is 1. The van der Waals surface area contributed by atoms with E-state index in [1.807, 2.05) is 0 Å². The van der Waals surface area contributed by atoms with Gasteiger partial charge in [0, 0.05) is 6.54 Å². The molecule has 0 bridgehead atoms. The third-order valence-corrected chi connectivity index (χ3v) is 3.01. The summed E-state index contributed by atoms with van der Waals surface area (Å²) in [6, 6.07) is 3.01. The van der Waals surface area contributed by atoms with E-state index in [0.29, 0.717) is 6.54 Å². The van der Waals surface area contributed by atoms with Gasteiger partial charge in [0.05, 0.1) is 10.6 Å². The Kier molecular flexibility index (Phi) is 5.86. The highest BCUT2D eigenvalue weighted by atomic mass is 35.5. The van der Waals surface area contributed by atoms with Crippen molar-refractivity contribution in [3.05, 3.63) is 40.4 Å². The second kappa shape index (κ2) is 7.16. The van der Waals surface area contributed by atoms with Gasteiger partial charge in [0.25, 0.3) is 5.91 Å². The molecule has 0 heterocycles. The molecule has 6 heteroatoms. The number of carbonyl (C=O) groups excluding carboxylic acids is 2. The van der Waals surface area contributed by atoms with Crippen molar-refractivity contribution in [2.24, 2.45) is 0 Å². The Morgan fingerprint density at radius 2 is 2.11 bits per heavy atom. The summed E-state index contributed by atoms with van der Waals surface area (Å²) in [7, 11) is 0. The minimum Gasteiger partial charge on any atom is -0.481 e. The molecule has 0 atom stereocenters. The molecule has 1 aromatic carbocycles. The van der Waals surface area contributed by atoms with Gasteiger partial charge in [-0.25, -0.2) is 0 Å². The Morgan fingerprint density at radius 1 is 1.42 bits per heavy atom. The van der Waals surface area contributed by atoms with Crippen molar-refractivity contribution in [3.63, 3.8) is 0 Å². The summed E-state index contributed by atoms with van der Waals surface area (Å²) in [6.07, 6.45) is 1.55. The normalized spacial score (nSPS) is 9.84. The van der Waals surface area contributed by atoms with Crippen LogP contribution in [0.15, 0.2) is 24.8 Å². The lowest BCUT2D eigenvalue weighted by molar-refractivity contribution is -0.122. The van der Waals surface area contributed by atoms with Crippen LogP contribution in [0.1, 0.15) is 17.3 Å². The molecule has 0 aliphatic rings. The maximum absolute atomic E-state index is 11.5. The van der Waals surface area contributed by atoms with Gasteiger partial charge < -0.3 is 10.1 Å². The van der Waals surface area contributed by atoms with Crippen LogP contribution in [0.4, 0.5) is 0 Å². The number of rotatable bonds is 6. The van der Waals surface area contributed by atoms with Gasteiger partial charge in [0.1, 0.15) is 5.02 Å². The molecule has 0 radical (unpaired) electrons. The molecule has 0 spiro atoms. The minimum absolute atomic E-state index is 0.117. The summed E-state index contributed by atoms with van der Waals surface area (Å²) < 4.78 is 5.29. The van der Waals surface area contributed by atoms with Gasteiger partial charge in [0.2, 0.25) is 0 Å². The number of hydrogen-bond donors (Lipinski definition) is 1. The van der Waals surface area contributed by atoms with Gasteiger partial charge in [-0.2, -0.15) is 0 Å². The highest BCUT2D eigenvalue weighted by molar-refractivity contribution is 6.43. The van der Waals surface area contributed by atoms with Crippen molar-refractivity contribution in [3.8, 4) is 5.75 Å². The number of amides is 1. The molecule has 102 valence electrons. The van der Waals surface area contributed by atoms with Crippen LogP contribution in [0.2, 0.25) is 10.0 Å². The van der Waals surface area contributed by atoms with Crippen LogP contribution < -0.4 is 10.1 Å². The van der Waals surface area contributed by atoms with E-state index < -0.39 is 0 Å². The molecule has 1 N–H and O–H groups in total. The van der Waals surface area contributed by atoms with E-state index in [-0.39, 0.29) is 39.7 Å². The first kappa shape index (κ1) is 15.5. The van der Waals surface area contributed by atoms with Crippen molar-refractivity contribution in [1.29, 1.82) is 0 Å². The van der Waals surface area contributed by atoms with Crippen LogP contribution in [-0.4, -0.2) is 24.8 Å². The molecular formula is C13H13Cl2NO3. The lowest BCUT2D eigenvalue weighted by Crippen LogP contribution is -2.29. The fourth-order valence-corrected chi connectivity index (χ4v) is 1.69. The first-order valence-electron chi connectivity index (χ1n) is 5.46. The van der Waals surface area contributed by atoms with Crippen LogP contribution in [0.3, 0.4) is 0 Å². The van der Waals surface area contributed by atoms with Gasteiger partial charge >= 0.3 is 0 Å². The highest BCUT2D eigenvalue weighted by Crippen LogP contribution is 2.35. The first-order valence-corrected chi connectivity index (χ1v) is 6.22. The molecule has 0 saturated heterocycles. The van der Waals surface area contributed by atoms with E-state index >= 15 is 0 Å². The maximum atomic E-state index is 11.5. The molecule has 1 rings (SSSR count). The molecule has 19 heavy (non-hydrogen) atoms. The van der Waals surface area contributed by atoms with Gasteiger partial charge in [-0.1, -0.05) is 29.3 Å². The number of benzene rings is 1. The van der Waals surface area contributed by atoms with Crippen molar-refractivity contribution >= 4 is 34.9 Å². The number of nitrogens with one attached hydrogen (secondary N) is 1. The Bertz CT molecular complexity index is 515. The summed E-state index contributed by atoms with van der Waals surface area (Å²) in [5.41, 5.74) is 0.283. The van der Waals surface area contributed by atoms with Crippen LogP contribution in [-0.2, 0) is 4.79 Å². The van der Waals surface area contributed by atoms with E-state index in [1.54, 1.807) is 6.08 Å². The Hall–Kier alpha value is -1.52. The third kappa shape index (κ3) is 4.26. The summed E-state index contributed by atoms with van der Waals surface area (Å²) in [6.45, 7) is 4.94. The predicted octanol–water partition coefficient (Wildman–Crippen LogP) is 2.88. The molecule has 0 aromatic heterocycles. The Balaban J connectivity index is 2.87. The van der Waals surface area contributed by atoms with Crippen molar-refractivity contribution in [2.45, 2.75) is 6.92 Å². The second-order valence-corrected chi connectivity index (χ2v) is 4.46. The Labute approximate surface area is 121 Å². The molecule has 0 fully saturated rings. The Morgan fingerprint density at radius 3 is 2.68 bits per heavy atom. The zero-order valence-corrected chi connectivity index (χ0v) is 11.8. The zero-order valence-electron chi connectivity index (χ0n) is 10.3. The molecular weight excluding hydrogens is 289 g/mol. The SMILES string of the molecule is C=CCNC(=O)COc1c(C(C)=O)ccc(Cl)c1Cl. The van der Waals surface area contributed by atoms with Gasteiger partial charge in [-0.3, -0.25) is 9.59 Å². The molecule has 1 amide bonds. The molecule has 0 aliphatic carbocycles. The maximum Gasteiger partial charge on any atom is 0.258 e. The monoisotopic (exact) mass is 301 g/mol. The largest absolute Gasteiger partial charge is 0.481 e. The summed E-state index contributed by atoms with van der Waals surface area (Å²) in [5.74, 6) is -0.444. The van der Waals surface area contributed by atoms with Crippen molar-refractivity contribution in [1.82, 2.24) is 5.32 Å².